The van der Waals surface area contributed by atoms with Crippen LogP contribution in [-0.2, 0) is 38.5 Å². The number of likely N-dealkylation sites (N-methyl/N-ethyl adjacent to an activating group) is 1. The van der Waals surface area contributed by atoms with Crippen LogP contribution in [0.25, 0.3) is 0 Å². The van der Waals surface area contributed by atoms with E-state index >= 15 is 0 Å². The summed E-state index contributed by atoms with van der Waals surface area (Å²) in [5.41, 5.74) is 2.74. The molecule has 0 aliphatic heterocycles. The number of anilines is 1. The average Bonchev–Trinajstić information content (AvgIpc) is 2.91. The number of rotatable bonds is 10. The molecule has 0 aliphatic carbocycles. The number of hydrogen-bond acceptors (Lipinski definition) is 6. The van der Waals surface area contributed by atoms with Gasteiger partial charge >= 0.3 is 12.1 Å². The predicted octanol–water partition coefficient (Wildman–Crippen LogP) is 4.25. The van der Waals surface area contributed by atoms with Crippen molar-refractivity contribution >= 4 is 23.7 Å². The van der Waals surface area contributed by atoms with Gasteiger partial charge in [-0.2, -0.15) is 5.26 Å². The Morgan fingerprint density at radius 2 is 1.57 bits per heavy atom. The van der Waals surface area contributed by atoms with E-state index in [9.17, 15) is 18.8 Å². The standard InChI is InChI=1S/C28H26FN3O5/c1-32(25(27(34)36-16-15-30)17-20-5-3-2-4-6-20)28(35)37-19-22-9-13-24(14-10-22)31-26(33)18-21-7-11-23(29)12-8-21/h2-14,25H,16-19H2,1H3,(H,31,33). The molecule has 0 saturated heterocycles. The summed E-state index contributed by atoms with van der Waals surface area (Å²) in [6.45, 7) is -0.474. The van der Waals surface area contributed by atoms with Crippen molar-refractivity contribution in [3.63, 3.8) is 0 Å². The van der Waals surface area contributed by atoms with Crippen LogP contribution in [-0.4, -0.2) is 42.6 Å². The van der Waals surface area contributed by atoms with Crippen LogP contribution in [0.15, 0.2) is 78.9 Å². The third-order valence-electron chi connectivity index (χ3n) is 5.46. The summed E-state index contributed by atoms with van der Waals surface area (Å²) in [5, 5.41) is 11.5. The fraction of sp³-hybridized carbons (Fsp3) is 0.214. The lowest BCUT2D eigenvalue weighted by molar-refractivity contribution is -0.147. The first-order valence-electron chi connectivity index (χ1n) is 11.5. The Morgan fingerprint density at radius 1 is 0.919 bits per heavy atom. The van der Waals surface area contributed by atoms with Crippen molar-refractivity contribution in [3.8, 4) is 6.07 Å². The van der Waals surface area contributed by atoms with Crippen LogP contribution in [0, 0.1) is 17.1 Å². The lowest BCUT2D eigenvalue weighted by Gasteiger charge is -2.25. The third-order valence-corrected chi connectivity index (χ3v) is 5.46. The van der Waals surface area contributed by atoms with E-state index in [-0.39, 0.29) is 31.2 Å². The zero-order valence-corrected chi connectivity index (χ0v) is 20.2. The molecule has 0 heterocycles. The molecule has 1 N–H and O–H groups in total. The van der Waals surface area contributed by atoms with Crippen LogP contribution in [0.1, 0.15) is 16.7 Å². The number of carbonyl (C=O) groups excluding carboxylic acids is 3. The summed E-state index contributed by atoms with van der Waals surface area (Å²) < 4.78 is 23.3. The molecular weight excluding hydrogens is 477 g/mol. The Labute approximate surface area is 214 Å². The molecule has 0 radical (unpaired) electrons. The first-order chi connectivity index (χ1) is 17.9. The van der Waals surface area contributed by atoms with Gasteiger partial charge in [0.25, 0.3) is 0 Å². The van der Waals surface area contributed by atoms with Crippen molar-refractivity contribution in [2.24, 2.45) is 0 Å². The van der Waals surface area contributed by atoms with Gasteiger partial charge in [0.2, 0.25) is 5.91 Å². The Kier molecular flexibility index (Phi) is 9.74. The van der Waals surface area contributed by atoms with Gasteiger partial charge in [0.1, 0.15) is 24.5 Å². The van der Waals surface area contributed by atoms with Gasteiger partial charge in [0.15, 0.2) is 6.61 Å². The van der Waals surface area contributed by atoms with Gasteiger partial charge in [-0.05, 0) is 41.0 Å². The zero-order valence-electron chi connectivity index (χ0n) is 20.2. The van der Waals surface area contributed by atoms with Gasteiger partial charge in [-0.25, -0.2) is 14.0 Å². The van der Waals surface area contributed by atoms with Crippen LogP contribution in [0.3, 0.4) is 0 Å². The summed E-state index contributed by atoms with van der Waals surface area (Å²) in [6, 6.07) is 22.3. The van der Waals surface area contributed by atoms with Gasteiger partial charge < -0.3 is 14.8 Å². The molecule has 3 aromatic carbocycles. The average molecular weight is 504 g/mol. The normalized spacial score (nSPS) is 11.1. The Balaban J connectivity index is 1.54. The highest BCUT2D eigenvalue weighted by atomic mass is 19.1. The molecule has 8 nitrogen and oxygen atoms in total. The van der Waals surface area contributed by atoms with E-state index in [4.69, 9.17) is 14.7 Å². The van der Waals surface area contributed by atoms with Crippen molar-refractivity contribution < 1.29 is 28.2 Å². The van der Waals surface area contributed by atoms with Gasteiger partial charge in [0.05, 0.1) is 6.42 Å². The molecule has 1 atom stereocenters. The Hall–Kier alpha value is -4.71. The van der Waals surface area contributed by atoms with Crippen molar-refractivity contribution in [1.29, 1.82) is 5.26 Å². The second-order valence-corrected chi connectivity index (χ2v) is 8.19. The Bertz CT molecular complexity index is 1240. The highest BCUT2D eigenvalue weighted by molar-refractivity contribution is 5.92. The smallest absolute Gasteiger partial charge is 0.410 e. The van der Waals surface area contributed by atoms with E-state index in [0.29, 0.717) is 16.8 Å². The van der Waals surface area contributed by atoms with E-state index in [1.165, 1.54) is 19.2 Å². The zero-order chi connectivity index (χ0) is 26.6. The molecular formula is C28H26FN3O5. The van der Waals surface area contributed by atoms with E-state index in [1.807, 2.05) is 30.3 Å². The highest BCUT2D eigenvalue weighted by Crippen LogP contribution is 2.15. The molecule has 0 aromatic heterocycles. The summed E-state index contributed by atoms with van der Waals surface area (Å²) in [4.78, 5) is 38.6. The molecule has 0 fully saturated rings. The maximum absolute atomic E-state index is 13.0. The minimum atomic E-state index is -0.970. The van der Waals surface area contributed by atoms with Gasteiger partial charge in [0, 0.05) is 19.2 Å². The largest absolute Gasteiger partial charge is 0.449 e. The molecule has 0 spiro atoms. The first kappa shape index (κ1) is 26.9. The van der Waals surface area contributed by atoms with E-state index in [1.54, 1.807) is 42.5 Å². The predicted molar refractivity (Wildman–Crippen MR) is 134 cm³/mol. The molecule has 1 unspecified atom stereocenters. The number of esters is 1. The molecule has 3 rings (SSSR count). The van der Waals surface area contributed by atoms with Crippen LogP contribution in [0.4, 0.5) is 14.9 Å². The van der Waals surface area contributed by atoms with Crippen LogP contribution in [0.5, 0.6) is 0 Å². The number of nitrogens with zero attached hydrogens (tertiary/aromatic N) is 2. The molecule has 190 valence electrons. The number of nitrogens with one attached hydrogen (secondary N) is 1. The maximum Gasteiger partial charge on any atom is 0.410 e. The molecule has 0 saturated carbocycles. The quantitative estimate of drug-likeness (QED) is 0.414. The number of benzene rings is 3. The molecule has 0 aliphatic rings. The molecule has 3 aromatic rings. The van der Waals surface area contributed by atoms with Crippen LogP contribution >= 0.6 is 0 Å². The number of hydrogen-bond donors (Lipinski definition) is 1. The van der Waals surface area contributed by atoms with E-state index in [0.717, 1.165) is 10.5 Å². The molecule has 9 heteroatoms. The monoisotopic (exact) mass is 503 g/mol. The summed E-state index contributed by atoms with van der Waals surface area (Å²) in [5.74, 6) is -1.32. The minimum Gasteiger partial charge on any atom is -0.449 e. The number of ether oxygens (including phenoxy) is 2. The fourth-order valence-corrected chi connectivity index (χ4v) is 3.47. The minimum absolute atomic E-state index is 0.0573. The summed E-state index contributed by atoms with van der Waals surface area (Å²) in [7, 11) is 1.43. The SMILES string of the molecule is CN(C(=O)OCc1ccc(NC(=O)Cc2ccc(F)cc2)cc1)C(Cc1ccccc1)C(=O)OCC#N. The van der Waals surface area contributed by atoms with Crippen molar-refractivity contribution in [2.45, 2.75) is 25.5 Å². The molecule has 37 heavy (non-hydrogen) atoms. The number of amides is 2. The van der Waals surface area contributed by atoms with Crippen LogP contribution < -0.4 is 5.32 Å². The van der Waals surface area contributed by atoms with Crippen molar-refractivity contribution in [3.05, 3.63) is 101 Å². The number of halogens is 1. The van der Waals surface area contributed by atoms with Crippen molar-refractivity contribution in [1.82, 2.24) is 4.90 Å². The third kappa shape index (κ3) is 8.47. The molecule has 2 amide bonds. The second-order valence-electron chi connectivity index (χ2n) is 8.19. The molecule has 0 bridgehead atoms. The first-order valence-corrected chi connectivity index (χ1v) is 11.5. The van der Waals surface area contributed by atoms with Crippen LogP contribution in [0.2, 0.25) is 0 Å². The van der Waals surface area contributed by atoms with E-state index in [2.05, 4.69) is 5.32 Å². The highest BCUT2D eigenvalue weighted by Gasteiger charge is 2.29. The lowest BCUT2D eigenvalue weighted by atomic mass is 10.1. The fourth-order valence-electron chi connectivity index (χ4n) is 3.47. The lowest BCUT2D eigenvalue weighted by Crippen LogP contribution is -2.45. The van der Waals surface area contributed by atoms with Crippen molar-refractivity contribution in [2.75, 3.05) is 19.0 Å². The summed E-state index contributed by atoms with van der Waals surface area (Å²) >= 11 is 0. The number of carbonyl (C=O) groups is 3. The van der Waals surface area contributed by atoms with E-state index < -0.39 is 24.7 Å². The summed E-state index contributed by atoms with van der Waals surface area (Å²) in [6.07, 6.45) is -0.429. The van der Waals surface area contributed by atoms with Gasteiger partial charge in [-0.3, -0.25) is 9.69 Å². The van der Waals surface area contributed by atoms with Gasteiger partial charge in [-0.1, -0.05) is 54.6 Å². The maximum atomic E-state index is 13.0. The topological polar surface area (TPSA) is 109 Å². The Morgan fingerprint density at radius 3 is 2.22 bits per heavy atom. The second kappa shape index (κ2) is 13.4. The van der Waals surface area contributed by atoms with Gasteiger partial charge in [-0.15, -0.1) is 0 Å². The number of nitriles is 1.